The van der Waals surface area contributed by atoms with Crippen LogP contribution in [0.25, 0.3) is 80.7 Å². The molecule has 186 valence electrons. The lowest BCUT2D eigenvalue weighted by Crippen LogP contribution is -1.92. The SMILES string of the molecule is c1ccc2cc(-c3c4ccccc4c(-c4ccc5nc6c7ccccc7sc6n5c4)c4ccccc34)ccc2c1. The number of hydrogen-bond donors (Lipinski definition) is 0. The van der Waals surface area contributed by atoms with Crippen LogP contribution in [0.4, 0.5) is 0 Å². The highest BCUT2D eigenvalue weighted by Crippen LogP contribution is 2.44. The Morgan fingerprint density at radius 2 is 1.07 bits per heavy atom. The Morgan fingerprint density at radius 1 is 0.500 bits per heavy atom. The minimum Gasteiger partial charge on any atom is -0.290 e. The maximum atomic E-state index is 5.01. The lowest BCUT2D eigenvalue weighted by atomic mass is 9.86. The van der Waals surface area contributed by atoms with Crippen molar-refractivity contribution in [3.63, 3.8) is 0 Å². The van der Waals surface area contributed by atoms with Gasteiger partial charge in [0.15, 0.2) is 0 Å². The quantitative estimate of drug-likeness (QED) is 0.205. The number of hydrogen-bond acceptors (Lipinski definition) is 2. The van der Waals surface area contributed by atoms with Crippen LogP contribution in [0.3, 0.4) is 0 Å². The van der Waals surface area contributed by atoms with Crippen LogP contribution in [-0.4, -0.2) is 9.38 Å². The fourth-order valence-corrected chi connectivity index (χ4v) is 7.52. The molecule has 2 nitrogen and oxygen atoms in total. The van der Waals surface area contributed by atoms with Gasteiger partial charge in [-0.25, -0.2) is 4.98 Å². The smallest absolute Gasteiger partial charge is 0.138 e. The van der Waals surface area contributed by atoms with E-state index in [1.165, 1.54) is 69.5 Å². The summed E-state index contributed by atoms with van der Waals surface area (Å²) in [5, 5.41) is 8.80. The Bertz CT molecular complexity index is 2390. The molecule has 0 spiro atoms. The number of aromatic nitrogens is 2. The fraction of sp³-hybridized carbons (Fsp3) is 0. The van der Waals surface area contributed by atoms with Crippen molar-refractivity contribution in [2.24, 2.45) is 0 Å². The van der Waals surface area contributed by atoms with Gasteiger partial charge in [-0.05, 0) is 78.8 Å². The molecule has 0 saturated heterocycles. The average molecular weight is 527 g/mol. The van der Waals surface area contributed by atoms with Crippen molar-refractivity contribution in [2.45, 2.75) is 0 Å². The first-order chi connectivity index (χ1) is 19.8. The topological polar surface area (TPSA) is 17.3 Å². The molecule has 0 fully saturated rings. The van der Waals surface area contributed by atoms with E-state index in [4.69, 9.17) is 4.98 Å². The van der Waals surface area contributed by atoms with Crippen molar-refractivity contribution in [3.05, 3.63) is 134 Å². The van der Waals surface area contributed by atoms with Gasteiger partial charge in [0.05, 0.1) is 0 Å². The lowest BCUT2D eigenvalue weighted by molar-refractivity contribution is 1.24. The van der Waals surface area contributed by atoms with E-state index in [-0.39, 0.29) is 0 Å². The average Bonchev–Trinajstić information content (AvgIpc) is 3.55. The van der Waals surface area contributed by atoms with Crippen molar-refractivity contribution in [3.8, 4) is 22.3 Å². The summed E-state index contributed by atoms with van der Waals surface area (Å²) in [7, 11) is 0. The minimum atomic E-state index is 0.983. The highest BCUT2D eigenvalue weighted by Gasteiger charge is 2.18. The highest BCUT2D eigenvalue weighted by molar-refractivity contribution is 7.25. The van der Waals surface area contributed by atoms with Crippen molar-refractivity contribution in [1.29, 1.82) is 0 Å². The van der Waals surface area contributed by atoms with Gasteiger partial charge in [-0.3, -0.25) is 4.40 Å². The molecular weight excluding hydrogens is 504 g/mol. The first kappa shape index (κ1) is 21.9. The molecule has 3 aromatic heterocycles. The number of imidazole rings is 1. The molecule has 0 unspecified atom stereocenters. The normalized spacial score (nSPS) is 12.0. The summed E-state index contributed by atoms with van der Waals surface area (Å²) in [4.78, 5) is 6.21. The van der Waals surface area contributed by atoms with Crippen molar-refractivity contribution >= 4 is 69.7 Å². The second-order valence-corrected chi connectivity index (χ2v) is 11.4. The fourth-order valence-electron chi connectivity index (χ4n) is 6.39. The zero-order chi connectivity index (χ0) is 26.2. The van der Waals surface area contributed by atoms with Gasteiger partial charge in [0.25, 0.3) is 0 Å². The van der Waals surface area contributed by atoms with Crippen LogP contribution in [0.2, 0.25) is 0 Å². The molecule has 0 saturated carbocycles. The third-order valence-electron chi connectivity index (χ3n) is 8.18. The van der Waals surface area contributed by atoms with Crippen LogP contribution in [0, 0.1) is 0 Å². The number of fused-ring (bicyclic) bond motifs is 8. The van der Waals surface area contributed by atoms with E-state index in [0.717, 1.165) is 11.2 Å². The van der Waals surface area contributed by atoms with Crippen molar-refractivity contribution < 1.29 is 0 Å². The monoisotopic (exact) mass is 526 g/mol. The minimum absolute atomic E-state index is 0.983. The number of thiophene rings is 1. The molecule has 9 rings (SSSR count). The largest absolute Gasteiger partial charge is 0.290 e. The molecular formula is C37H22N2S. The number of rotatable bonds is 2. The predicted octanol–water partition coefficient (Wildman–Crippen LogP) is 10.5. The highest BCUT2D eigenvalue weighted by atomic mass is 32.1. The molecule has 40 heavy (non-hydrogen) atoms. The molecule has 0 aliphatic rings. The van der Waals surface area contributed by atoms with Gasteiger partial charge < -0.3 is 0 Å². The second-order valence-electron chi connectivity index (χ2n) is 10.4. The summed E-state index contributed by atoms with van der Waals surface area (Å²) < 4.78 is 3.55. The van der Waals surface area contributed by atoms with Gasteiger partial charge in [-0.1, -0.05) is 103 Å². The molecule has 0 aliphatic carbocycles. The van der Waals surface area contributed by atoms with Crippen molar-refractivity contribution in [2.75, 3.05) is 0 Å². The summed E-state index contributed by atoms with van der Waals surface area (Å²) in [5.41, 5.74) is 7.06. The summed E-state index contributed by atoms with van der Waals surface area (Å²) >= 11 is 1.81. The van der Waals surface area contributed by atoms with E-state index in [0.29, 0.717) is 0 Å². The predicted molar refractivity (Wildman–Crippen MR) is 171 cm³/mol. The van der Waals surface area contributed by atoms with Crippen LogP contribution in [0.15, 0.2) is 134 Å². The summed E-state index contributed by atoms with van der Waals surface area (Å²) in [5.74, 6) is 0. The molecule has 0 radical (unpaired) electrons. The summed E-state index contributed by atoms with van der Waals surface area (Å²) in [6.45, 7) is 0. The molecule has 0 bridgehead atoms. The molecule has 0 aliphatic heterocycles. The third kappa shape index (κ3) is 3.07. The van der Waals surface area contributed by atoms with Crippen molar-refractivity contribution in [1.82, 2.24) is 9.38 Å². The Balaban J connectivity index is 1.37. The van der Waals surface area contributed by atoms with E-state index in [9.17, 15) is 0 Å². The van der Waals surface area contributed by atoms with Crippen LogP contribution < -0.4 is 0 Å². The third-order valence-corrected chi connectivity index (χ3v) is 9.34. The van der Waals surface area contributed by atoms with E-state index >= 15 is 0 Å². The zero-order valence-corrected chi connectivity index (χ0v) is 22.3. The Labute approximate surface area is 234 Å². The van der Waals surface area contributed by atoms with Gasteiger partial charge in [0.1, 0.15) is 16.0 Å². The molecule has 6 aromatic carbocycles. The lowest BCUT2D eigenvalue weighted by Gasteiger charge is -2.18. The molecule has 0 atom stereocenters. The van der Waals surface area contributed by atoms with Crippen LogP contribution in [-0.2, 0) is 0 Å². The molecule has 3 heteroatoms. The number of nitrogens with zero attached hydrogens (tertiary/aromatic N) is 2. The zero-order valence-electron chi connectivity index (χ0n) is 21.5. The van der Waals surface area contributed by atoms with Crippen LogP contribution in [0.5, 0.6) is 0 Å². The summed E-state index contributed by atoms with van der Waals surface area (Å²) in [6, 6.07) is 46.1. The van der Waals surface area contributed by atoms with Gasteiger partial charge >= 0.3 is 0 Å². The standard InChI is InChI=1S/C37H22N2S/c1-2-10-24-21-25(18-17-23(24)9-1)34-27-11-3-5-13-29(27)35(30-14-6-4-12-28(30)34)26-19-20-33-38-36-31-15-7-8-16-32(31)40-37(36)39(33)22-26/h1-22H. The number of benzene rings is 6. The van der Waals surface area contributed by atoms with E-state index < -0.39 is 0 Å². The first-order valence-electron chi connectivity index (χ1n) is 13.6. The molecule has 9 aromatic rings. The van der Waals surface area contributed by atoms with E-state index in [2.05, 4.69) is 138 Å². The first-order valence-corrected chi connectivity index (χ1v) is 14.4. The van der Waals surface area contributed by atoms with E-state index in [1.54, 1.807) is 0 Å². The molecule has 0 N–H and O–H groups in total. The Morgan fingerprint density at radius 3 is 1.80 bits per heavy atom. The number of pyridine rings is 1. The van der Waals surface area contributed by atoms with Gasteiger partial charge in [0.2, 0.25) is 0 Å². The van der Waals surface area contributed by atoms with Gasteiger partial charge in [0, 0.05) is 16.3 Å². The summed E-state index contributed by atoms with van der Waals surface area (Å²) in [6.07, 6.45) is 2.28. The molecule has 3 heterocycles. The van der Waals surface area contributed by atoms with Crippen LogP contribution >= 0.6 is 11.3 Å². The Kier molecular flexibility index (Phi) is 4.52. The maximum absolute atomic E-state index is 5.01. The Hall–Kier alpha value is -4.99. The van der Waals surface area contributed by atoms with E-state index in [1.807, 2.05) is 11.3 Å². The maximum Gasteiger partial charge on any atom is 0.138 e. The van der Waals surface area contributed by atoms with Gasteiger partial charge in [-0.15, -0.1) is 11.3 Å². The molecule has 0 amide bonds. The van der Waals surface area contributed by atoms with Gasteiger partial charge in [-0.2, -0.15) is 0 Å². The van der Waals surface area contributed by atoms with Crippen LogP contribution in [0.1, 0.15) is 0 Å². The second kappa shape index (κ2) is 8.25.